The van der Waals surface area contributed by atoms with E-state index in [1.165, 1.54) is 0 Å². The summed E-state index contributed by atoms with van der Waals surface area (Å²) >= 11 is 0. The first-order chi connectivity index (χ1) is 8.19. The molecule has 3 nitrogen and oxygen atoms in total. The zero-order valence-corrected chi connectivity index (χ0v) is 10.5. The average Bonchev–Trinajstić information content (AvgIpc) is 2.50. The normalized spacial score (nSPS) is 25.1. The van der Waals surface area contributed by atoms with Crippen LogP contribution in [0, 0.1) is 11.3 Å². The molecule has 1 N–H and O–H groups in total. The second-order valence-electron chi connectivity index (χ2n) is 4.87. The summed E-state index contributed by atoms with van der Waals surface area (Å²) in [5.41, 5.74) is 1.90. The number of nitriles is 1. The third kappa shape index (κ3) is 2.98. The summed E-state index contributed by atoms with van der Waals surface area (Å²) < 4.78 is 0. The lowest BCUT2D eigenvalue weighted by Crippen LogP contribution is -2.37. The lowest BCUT2D eigenvalue weighted by Gasteiger charge is -2.24. The Hall–Kier alpha value is -1.53. The molecule has 1 aliphatic rings. The summed E-state index contributed by atoms with van der Waals surface area (Å²) in [6.45, 7) is 6.49. The second-order valence-corrected chi connectivity index (χ2v) is 4.87. The van der Waals surface area contributed by atoms with E-state index in [2.05, 4.69) is 36.2 Å². The number of nitrogens with one attached hydrogen (secondary N) is 1. The Bertz CT molecular complexity index is 422. The Morgan fingerprint density at radius 3 is 2.94 bits per heavy atom. The van der Waals surface area contributed by atoms with Crippen LogP contribution in [0.25, 0.3) is 0 Å². The topological polar surface area (TPSA) is 39.1 Å². The maximum absolute atomic E-state index is 8.93. The van der Waals surface area contributed by atoms with Crippen LogP contribution in [0.5, 0.6) is 0 Å². The average molecular weight is 229 g/mol. The fourth-order valence-electron chi connectivity index (χ4n) is 2.40. The molecule has 0 aliphatic carbocycles. The van der Waals surface area contributed by atoms with Crippen molar-refractivity contribution in [1.29, 1.82) is 5.26 Å². The molecule has 2 rings (SSSR count). The maximum atomic E-state index is 8.93. The van der Waals surface area contributed by atoms with Crippen LogP contribution >= 0.6 is 0 Å². The van der Waals surface area contributed by atoms with Gasteiger partial charge in [0.2, 0.25) is 0 Å². The monoisotopic (exact) mass is 229 g/mol. The van der Waals surface area contributed by atoms with Gasteiger partial charge in [0.05, 0.1) is 11.6 Å². The van der Waals surface area contributed by atoms with Gasteiger partial charge in [0.15, 0.2) is 0 Å². The highest BCUT2D eigenvalue weighted by Gasteiger charge is 2.18. The van der Waals surface area contributed by atoms with Crippen molar-refractivity contribution in [2.45, 2.75) is 32.4 Å². The molecule has 1 saturated heterocycles. The SMILES string of the molecule is CC1CCN(c2cccc(C#N)c2)CC(C)N1. The fourth-order valence-corrected chi connectivity index (χ4v) is 2.40. The van der Waals surface area contributed by atoms with E-state index in [0.29, 0.717) is 12.1 Å². The Balaban J connectivity index is 2.18. The van der Waals surface area contributed by atoms with E-state index < -0.39 is 0 Å². The molecule has 1 aromatic rings. The molecule has 0 spiro atoms. The minimum atomic E-state index is 0.484. The molecule has 1 heterocycles. The molecular formula is C14H19N3. The molecular weight excluding hydrogens is 210 g/mol. The quantitative estimate of drug-likeness (QED) is 0.802. The predicted molar refractivity (Wildman–Crippen MR) is 70.0 cm³/mol. The van der Waals surface area contributed by atoms with Crippen LogP contribution in [0.15, 0.2) is 24.3 Å². The Labute approximate surface area is 103 Å². The molecule has 1 aromatic carbocycles. The van der Waals surface area contributed by atoms with Gasteiger partial charge in [-0.25, -0.2) is 0 Å². The predicted octanol–water partition coefficient (Wildman–Crippen LogP) is 2.13. The lowest BCUT2D eigenvalue weighted by molar-refractivity contribution is 0.492. The molecule has 0 saturated carbocycles. The summed E-state index contributed by atoms with van der Waals surface area (Å²) in [5.74, 6) is 0. The largest absolute Gasteiger partial charge is 0.370 e. The van der Waals surface area contributed by atoms with Crippen LogP contribution in [0.2, 0.25) is 0 Å². The smallest absolute Gasteiger partial charge is 0.0992 e. The van der Waals surface area contributed by atoms with Crippen molar-refractivity contribution >= 4 is 5.69 Å². The van der Waals surface area contributed by atoms with Crippen molar-refractivity contribution in [3.05, 3.63) is 29.8 Å². The molecule has 90 valence electrons. The van der Waals surface area contributed by atoms with Gasteiger partial charge in [-0.3, -0.25) is 0 Å². The molecule has 0 radical (unpaired) electrons. The molecule has 1 fully saturated rings. The summed E-state index contributed by atoms with van der Waals surface area (Å²) in [7, 11) is 0. The van der Waals surface area contributed by atoms with Crippen LogP contribution in [0.1, 0.15) is 25.8 Å². The first-order valence-electron chi connectivity index (χ1n) is 6.20. The molecule has 2 unspecified atom stereocenters. The van der Waals surface area contributed by atoms with E-state index >= 15 is 0 Å². The van der Waals surface area contributed by atoms with Crippen molar-refractivity contribution < 1.29 is 0 Å². The highest BCUT2D eigenvalue weighted by Crippen LogP contribution is 2.18. The van der Waals surface area contributed by atoms with Crippen LogP contribution < -0.4 is 10.2 Å². The van der Waals surface area contributed by atoms with Gasteiger partial charge in [0.1, 0.15) is 0 Å². The first-order valence-corrected chi connectivity index (χ1v) is 6.20. The van der Waals surface area contributed by atoms with E-state index in [-0.39, 0.29) is 0 Å². The van der Waals surface area contributed by atoms with Crippen LogP contribution in [-0.4, -0.2) is 25.2 Å². The van der Waals surface area contributed by atoms with E-state index in [1.54, 1.807) is 0 Å². The molecule has 0 amide bonds. The zero-order chi connectivity index (χ0) is 12.3. The number of nitrogens with zero attached hydrogens (tertiary/aromatic N) is 2. The zero-order valence-electron chi connectivity index (χ0n) is 10.5. The first kappa shape index (κ1) is 11.9. The van der Waals surface area contributed by atoms with Crippen molar-refractivity contribution in [1.82, 2.24) is 5.32 Å². The van der Waals surface area contributed by atoms with Gasteiger partial charge < -0.3 is 10.2 Å². The summed E-state index contributed by atoms with van der Waals surface area (Å²) in [4.78, 5) is 2.36. The van der Waals surface area contributed by atoms with E-state index in [9.17, 15) is 0 Å². The van der Waals surface area contributed by atoms with Crippen LogP contribution in [-0.2, 0) is 0 Å². The van der Waals surface area contributed by atoms with Crippen molar-refractivity contribution in [3.63, 3.8) is 0 Å². The highest BCUT2D eigenvalue weighted by molar-refractivity contribution is 5.51. The van der Waals surface area contributed by atoms with Gasteiger partial charge in [0, 0.05) is 30.9 Å². The summed E-state index contributed by atoms with van der Waals surface area (Å²) in [6.07, 6.45) is 1.14. The molecule has 3 heteroatoms. The van der Waals surface area contributed by atoms with Crippen LogP contribution in [0.3, 0.4) is 0 Å². The second kappa shape index (κ2) is 5.20. The Morgan fingerprint density at radius 2 is 2.18 bits per heavy atom. The maximum Gasteiger partial charge on any atom is 0.0992 e. The van der Waals surface area contributed by atoms with Gasteiger partial charge in [-0.15, -0.1) is 0 Å². The highest BCUT2D eigenvalue weighted by atomic mass is 15.2. The van der Waals surface area contributed by atoms with Gasteiger partial charge in [-0.1, -0.05) is 6.07 Å². The fraction of sp³-hybridized carbons (Fsp3) is 0.500. The minimum Gasteiger partial charge on any atom is -0.370 e. The molecule has 17 heavy (non-hydrogen) atoms. The number of hydrogen-bond acceptors (Lipinski definition) is 3. The van der Waals surface area contributed by atoms with E-state index in [1.807, 2.05) is 18.2 Å². The Morgan fingerprint density at radius 1 is 1.35 bits per heavy atom. The third-order valence-corrected chi connectivity index (χ3v) is 3.24. The standard InChI is InChI=1S/C14H19N3/c1-11-6-7-17(10-12(2)16-11)14-5-3-4-13(8-14)9-15/h3-5,8,11-12,16H,6-7,10H2,1-2H3. The van der Waals surface area contributed by atoms with Gasteiger partial charge in [-0.05, 0) is 38.5 Å². The molecule has 0 bridgehead atoms. The lowest BCUT2D eigenvalue weighted by atomic mass is 10.2. The molecule has 0 aromatic heterocycles. The Kier molecular flexibility index (Phi) is 3.65. The number of benzene rings is 1. The number of rotatable bonds is 1. The van der Waals surface area contributed by atoms with Crippen LogP contribution in [0.4, 0.5) is 5.69 Å². The third-order valence-electron chi connectivity index (χ3n) is 3.24. The van der Waals surface area contributed by atoms with Crippen molar-refractivity contribution in [3.8, 4) is 6.07 Å². The molecule has 1 aliphatic heterocycles. The van der Waals surface area contributed by atoms with Gasteiger partial charge >= 0.3 is 0 Å². The van der Waals surface area contributed by atoms with Gasteiger partial charge in [-0.2, -0.15) is 5.26 Å². The van der Waals surface area contributed by atoms with Gasteiger partial charge in [0.25, 0.3) is 0 Å². The summed E-state index contributed by atoms with van der Waals surface area (Å²) in [5, 5.41) is 12.5. The van der Waals surface area contributed by atoms with Crippen molar-refractivity contribution in [2.24, 2.45) is 0 Å². The number of anilines is 1. The molecule has 2 atom stereocenters. The van der Waals surface area contributed by atoms with Crippen molar-refractivity contribution in [2.75, 3.05) is 18.0 Å². The van der Waals surface area contributed by atoms with E-state index in [4.69, 9.17) is 5.26 Å². The minimum absolute atomic E-state index is 0.484. The number of hydrogen-bond donors (Lipinski definition) is 1. The van der Waals surface area contributed by atoms with E-state index in [0.717, 1.165) is 30.8 Å². The summed E-state index contributed by atoms with van der Waals surface area (Å²) in [6, 6.07) is 11.1.